The van der Waals surface area contributed by atoms with Crippen molar-refractivity contribution >= 4 is 27.6 Å². The zero-order chi connectivity index (χ0) is 24.7. The molecule has 1 heterocycles. The van der Waals surface area contributed by atoms with Gasteiger partial charge in [0.25, 0.3) is 5.91 Å². The number of anilines is 1. The van der Waals surface area contributed by atoms with Gasteiger partial charge < -0.3 is 19.5 Å². The monoisotopic (exact) mass is 496 g/mol. The Labute approximate surface area is 203 Å². The summed E-state index contributed by atoms with van der Waals surface area (Å²) in [6.45, 7) is 0.692. The van der Waals surface area contributed by atoms with Crippen LogP contribution in [0.5, 0.6) is 11.5 Å². The number of para-hydroxylation sites is 1. The van der Waals surface area contributed by atoms with Crippen LogP contribution in [0.3, 0.4) is 0 Å². The molecule has 9 nitrogen and oxygen atoms in total. The van der Waals surface area contributed by atoms with Crippen molar-refractivity contribution in [3.63, 3.8) is 0 Å². The standard InChI is InChI=1S/C25H24N2O7S/c28-24(26-20-5-4-8-23(17-20)35(30,31)27-13-15-32-16-14-27)18-33-25(29)19-9-11-22(12-10-19)34-21-6-2-1-3-7-21/h1-12,17H,13-16,18H2,(H,26,28). The molecular formula is C25H24N2O7S. The number of amides is 1. The van der Waals surface area contributed by atoms with E-state index in [1.165, 1.54) is 22.5 Å². The van der Waals surface area contributed by atoms with Crippen molar-refractivity contribution in [1.82, 2.24) is 4.31 Å². The zero-order valence-electron chi connectivity index (χ0n) is 18.8. The molecular weight excluding hydrogens is 472 g/mol. The smallest absolute Gasteiger partial charge is 0.338 e. The Kier molecular flexibility index (Phi) is 7.76. The van der Waals surface area contributed by atoms with Crippen LogP contribution in [0.1, 0.15) is 10.4 Å². The molecule has 0 aliphatic carbocycles. The van der Waals surface area contributed by atoms with Crippen LogP contribution in [0.4, 0.5) is 5.69 Å². The van der Waals surface area contributed by atoms with E-state index in [0.29, 0.717) is 24.7 Å². The minimum atomic E-state index is -3.70. The van der Waals surface area contributed by atoms with E-state index in [-0.39, 0.29) is 29.2 Å². The molecule has 0 spiro atoms. The molecule has 1 aliphatic rings. The molecule has 0 atom stereocenters. The maximum Gasteiger partial charge on any atom is 0.338 e. The fourth-order valence-electron chi connectivity index (χ4n) is 3.37. The second kappa shape index (κ2) is 11.1. The third kappa shape index (κ3) is 6.44. The second-order valence-corrected chi connectivity index (χ2v) is 9.55. The van der Waals surface area contributed by atoms with Gasteiger partial charge in [-0.25, -0.2) is 13.2 Å². The highest BCUT2D eigenvalue weighted by molar-refractivity contribution is 7.89. The van der Waals surface area contributed by atoms with Crippen LogP contribution in [0, 0.1) is 0 Å². The molecule has 0 saturated carbocycles. The Balaban J connectivity index is 1.30. The Morgan fingerprint density at radius 2 is 1.57 bits per heavy atom. The molecule has 1 fully saturated rings. The van der Waals surface area contributed by atoms with E-state index in [2.05, 4.69) is 5.32 Å². The quantitative estimate of drug-likeness (QED) is 0.477. The Morgan fingerprint density at radius 3 is 2.29 bits per heavy atom. The SMILES string of the molecule is O=C(COC(=O)c1ccc(Oc2ccccc2)cc1)Nc1cccc(S(=O)(=O)N2CCOCC2)c1. The van der Waals surface area contributed by atoms with E-state index in [0.717, 1.165) is 0 Å². The van der Waals surface area contributed by atoms with E-state index < -0.39 is 28.5 Å². The summed E-state index contributed by atoms with van der Waals surface area (Å²) in [5.41, 5.74) is 0.541. The Bertz CT molecular complexity index is 1270. The molecule has 1 amide bonds. The number of carbonyl (C=O) groups excluding carboxylic acids is 2. The first-order valence-electron chi connectivity index (χ1n) is 10.9. The number of ether oxygens (including phenoxy) is 3. The molecule has 0 bridgehead atoms. The van der Waals surface area contributed by atoms with Gasteiger partial charge in [0, 0.05) is 18.8 Å². The van der Waals surface area contributed by atoms with Crippen molar-refractivity contribution < 1.29 is 32.2 Å². The highest BCUT2D eigenvalue weighted by Crippen LogP contribution is 2.22. The molecule has 35 heavy (non-hydrogen) atoms. The predicted molar refractivity (Wildman–Crippen MR) is 128 cm³/mol. The summed E-state index contributed by atoms with van der Waals surface area (Å²) in [5.74, 6) is -0.0444. The number of nitrogens with one attached hydrogen (secondary N) is 1. The summed E-state index contributed by atoms with van der Waals surface area (Å²) in [6, 6.07) is 21.5. The van der Waals surface area contributed by atoms with E-state index in [1.54, 1.807) is 30.3 Å². The molecule has 0 radical (unpaired) electrons. The molecule has 0 aromatic heterocycles. The number of benzene rings is 3. The average Bonchev–Trinajstić information content (AvgIpc) is 2.89. The van der Waals surface area contributed by atoms with Crippen LogP contribution < -0.4 is 10.1 Å². The third-order valence-corrected chi connectivity index (χ3v) is 7.02. The van der Waals surface area contributed by atoms with Gasteiger partial charge in [0.05, 0.1) is 23.7 Å². The Morgan fingerprint density at radius 1 is 0.886 bits per heavy atom. The highest BCUT2D eigenvalue weighted by Gasteiger charge is 2.26. The van der Waals surface area contributed by atoms with Gasteiger partial charge in [-0.2, -0.15) is 4.31 Å². The van der Waals surface area contributed by atoms with Crippen LogP contribution in [0.2, 0.25) is 0 Å². The maximum atomic E-state index is 12.8. The van der Waals surface area contributed by atoms with Crippen molar-refractivity contribution in [2.45, 2.75) is 4.90 Å². The number of hydrogen-bond acceptors (Lipinski definition) is 7. The largest absolute Gasteiger partial charge is 0.457 e. The highest BCUT2D eigenvalue weighted by atomic mass is 32.2. The first-order valence-corrected chi connectivity index (χ1v) is 12.3. The maximum absolute atomic E-state index is 12.8. The Hall–Kier alpha value is -3.73. The number of sulfonamides is 1. The summed E-state index contributed by atoms with van der Waals surface area (Å²) in [5, 5.41) is 2.56. The molecule has 3 aromatic rings. The molecule has 10 heteroatoms. The second-order valence-electron chi connectivity index (χ2n) is 7.61. The lowest BCUT2D eigenvalue weighted by atomic mass is 10.2. The van der Waals surface area contributed by atoms with Crippen LogP contribution in [0.25, 0.3) is 0 Å². The number of nitrogens with zero attached hydrogens (tertiary/aromatic N) is 1. The fourth-order valence-corrected chi connectivity index (χ4v) is 4.82. The number of carbonyl (C=O) groups is 2. The van der Waals surface area contributed by atoms with Gasteiger partial charge in [-0.1, -0.05) is 24.3 Å². The van der Waals surface area contributed by atoms with Crippen molar-refractivity contribution in [3.05, 3.63) is 84.4 Å². The molecule has 4 rings (SSSR count). The van der Waals surface area contributed by atoms with Gasteiger partial charge in [0.1, 0.15) is 11.5 Å². The van der Waals surface area contributed by atoms with Crippen molar-refractivity contribution in [3.8, 4) is 11.5 Å². The van der Waals surface area contributed by atoms with Crippen LogP contribution >= 0.6 is 0 Å². The van der Waals surface area contributed by atoms with E-state index in [1.807, 2.05) is 30.3 Å². The van der Waals surface area contributed by atoms with Gasteiger partial charge in [0.2, 0.25) is 10.0 Å². The summed E-state index contributed by atoms with van der Waals surface area (Å²) < 4.78 is 42.9. The predicted octanol–water partition coefficient (Wildman–Crippen LogP) is 3.30. The van der Waals surface area contributed by atoms with Gasteiger partial charge in [-0.3, -0.25) is 4.79 Å². The minimum absolute atomic E-state index is 0.0620. The number of hydrogen-bond donors (Lipinski definition) is 1. The van der Waals surface area contributed by atoms with Crippen molar-refractivity contribution in [2.24, 2.45) is 0 Å². The molecule has 182 valence electrons. The molecule has 3 aromatic carbocycles. The normalized spacial score (nSPS) is 14.2. The summed E-state index contributed by atoms with van der Waals surface area (Å²) in [6.07, 6.45) is 0. The van der Waals surface area contributed by atoms with E-state index in [9.17, 15) is 18.0 Å². The number of esters is 1. The van der Waals surface area contributed by atoms with Crippen molar-refractivity contribution in [2.75, 3.05) is 38.2 Å². The number of morpholine rings is 1. The lowest BCUT2D eigenvalue weighted by Crippen LogP contribution is -2.40. The molecule has 1 N–H and O–H groups in total. The van der Waals surface area contributed by atoms with Gasteiger partial charge >= 0.3 is 5.97 Å². The van der Waals surface area contributed by atoms with E-state index >= 15 is 0 Å². The lowest BCUT2D eigenvalue weighted by Gasteiger charge is -2.26. The third-order valence-electron chi connectivity index (χ3n) is 5.13. The van der Waals surface area contributed by atoms with Crippen molar-refractivity contribution in [1.29, 1.82) is 0 Å². The molecule has 0 unspecified atom stereocenters. The zero-order valence-corrected chi connectivity index (χ0v) is 19.6. The summed E-state index contributed by atoms with van der Waals surface area (Å²) in [7, 11) is -3.70. The lowest BCUT2D eigenvalue weighted by molar-refractivity contribution is -0.119. The van der Waals surface area contributed by atoms with E-state index in [4.69, 9.17) is 14.2 Å². The molecule has 1 saturated heterocycles. The van der Waals surface area contributed by atoms with Crippen LogP contribution in [0.15, 0.2) is 83.8 Å². The first-order chi connectivity index (χ1) is 16.9. The fraction of sp³-hybridized carbons (Fsp3) is 0.200. The topological polar surface area (TPSA) is 111 Å². The van der Waals surface area contributed by atoms with Crippen LogP contribution in [-0.2, 0) is 24.3 Å². The van der Waals surface area contributed by atoms with Crippen LogP contribution in [-0.4, -0.2) is 57.5 Å². The summed E-state index contributed by atoms with van der Waals surface area (Å²) in [4.78, 5) is 24.6. The average molecular weight is 497 g/mol. The number of rotatable bonds is 8. The minimum Gasteiger partial charge on any atom is -0.457 e. The summed E-state index contributed by atoms with van der Waals surface area (Å²) >= 11 is 0. The first kappa shape index (κ1) is 24.4. The molecule has 1 aliphatic heterocycles. The van der Waals surface area contributed by atoms with Gasteiger partial charge in [-0.05, 0) is 54.6 Å². The van der Waals surface area contributed by atoms with Gasteiger partial charge in [0.15, 0.2) is 6.61 Å². The van der Waals surface area contributed by atoms with Gasteiger partial charge in [-0.15, -0.1) is 0 Å².